The molecule has 5 nitrogen and oxygen atoms in total. The number of hydrogen-bond acceptors (Lipinski definition) is 5. The Bertz CT molecular complexity index is 1100. The number of anilines is 1. The predicted octanol–water partition coefficient (Wildman–Crippen LogP) is 4.62. The minimum atomic E-state index is -0.0951. The third-order valence-electron chi connectivity index (χ3n) is 6.05. The van der Waals surface area contributed by atoms with Gasteiger partial charge >= 0.3 is 0 Å². The van der Waals surface area contributed by atoms with Gasteiger partial charge < -0.3 is 9.47 Å². The van der Waals surface area contributed by atoms with E-state index in [9.17, 15) is 9.59 Å². The summed E-state index contributed by atoms with van der Waals surface area (Å²) in [5.41, 5.74) is 2.44. The Hall–Kier alpha value is -2.12. The maximum atomic E-state index is 13.6. The van der Waals surface area contributed by atoms with Crippen molar-refractivity contribution in [1.82, 2.24) is 9.47 Å². The van der Waals surface area contributed by atoms with Gasteiger partial charge in [-0.25, -0.2) is 0 Å². The molecule has 2 aromatic rings. The number of amides is 1. The van der Waals surface area contributed by atoms with Gasteiger partial charge in [-0.05, 0) is 45.3 Å². The molecular weight excluding hydrogens is 414 g/mol. The normalized spacial score (nSPS) is 19.5. The third kappa shape index (κ3) is 3.48. The first-order valence-corrected chi connectivity index (χ1v) is 11.9. The predicted molar refractivity (Wildman–Crippen MR) is 130 cm³/mol. The average molecular weight is 442 g/mol. The maximum absolute atomic E-state index is 13.6. The van der Waals surface area contributed by atoms with Crippen molar-refractivity contribution in [2.24, 2.45) is 0 Å². The lowest BCUT2D eigenvalue weighted by Crippen LogP contribution is -2.36. The summed E-state index contributed by atoms with van der Waals surface area (Å²) < 4.78 is 2.37. The molecule has 4 rings (SSSR count). The topological polar surface area (TPSA) is 45.6 Å². The highest BCUT2D eigenvalue weighted by molar-refractivity contribution is 8.26. The number of nitrogens with zero attached hydrogens (tertiary/aromatic N) is 3. The molecule has 0 aliphatic carbocycles. The van der Waals surface area contributed by atoms with E-state index >= 15 is 0 Å². The molecule has 0 saturated carbocycles. The van der Waals surface area contributed by atoms with Crippen LogP contribution in [0.4, 0.5) is 5.69 Å². The fourth-order valence-corrected chi connectivity index (χ4v) is 5.75. The van der Waals surface area contributed by atoms with Crippen molar-refractivity contribution in [1.29, 1.82) is 0 Å². The molecule has 2 saturated heterocycles. The van der Waals surface area contributed by atoms with Crippen LogP contribution in [-0.2, 0) is 11.3 Å². The van der Waals surface area contributed by atoms with Gasteiger partial charge in [-0.3, -0.25) is 14.5 Å². The van der Waals surface area contributed by atoms with Crippen molar-refractivity contribution in [3.05, 3.63) is 45.1 Å². The Morgan fingerprint density at radius 3 is 2.53 bits per heavy atom. The van der Waals surface area contributed by atoms with E-state index in [2.05, 4.69) is 11.0 Å². The summed E-state index contributed by atoms with van der Waals surface area (Å²) in [6.07, 6.45) is 4.84. The highest BCUT2D eigenvalue weighted by Crippen LogP contribution is 2.37. The maximum Gasteiger partial charge on any atom is 0.266 e. The Morgan fingerprint density at radius 2 is 1.87 bits per heavy atom. The molecule has 2 aliphatic rings. The summed E-state index contributed by atoms with van der Waals surface area (Å²) in [7, 11) is 0. The van der Waals surface area contributed by atoms with Gasteiger partial charge in [0.2, 0.25) is 0 Å². The number of hydrogen-bond donors (Lipinski definition) is 0. The fourth-order valence-electron chi connectivity index (χ4n) is 4.31. The number of aromatic nitrogens is 1. The van der Waals surface area contributed by atoms with E-state index in [-0.39, 0.29) is 17.5 Å². The molecule has 3 heterocycles. The minimum Gasteiger partial charge on any atom is -0.370 e. The number of benzene rings is 1. The van der Waals surface area contributed by atoms with Crippen LogP contribution in [0.1, 0.15) is 45.6 Å². The second-order valence-corrected chi connectivity index (χ2v) is 9.51. The van der Waals surface area contributed by atoms with Gasteiger partial charge in [0.05, 0.1) is 21.7 Å². The van der Waals surface area contributed by atoms with Gasteiger partial charge in [0.15, 0.2) is 0 Å². The SMILES string of the molecule is CCC(C)N1C(=O)C(=Cc2c(N3CCCC3)c3ccccc3n(CC)c2=O)SC1=S. The molecule has 1 aromatic carbocycles. The standard InChI is InChI=1S/C23H27N3O2S2/c1-4-15(3)26-22(28)19(30-23(26)29)14-17-20(24-12-8-9-13-24)16-10-6-7-11-18(16)25(5-2)21(17)27/h6-7,10-11,14-15H,4-5,8-9,12-13H2,1-3H3. The number of fused-ring (bicyclic) bond motifs is 1. The number of rotatable bonds is 5. The number of thiocarbonyl (C=S) groups is 1. The first-order chi connectivity index (χ1) is 14.5. The molecule has 7 heteroatoms. The molecule has 158 valence electrons. The van der Waals surface area contributed by atoms with Gasteiger partial charge in [-0.2, -0.15) is 0 Å². The summed E-state index contributed by atoms with van der Waals surface area (Å²) in [5, 5.41) is 1.06. The van der Waals surface area contributed by atoms with Crippen molar-refractivity contribution < 1.29 is 4.79 Å². The zero-order valence-electron chi connectivity index (χ0n) is 17.7. The molecule has 2 fully saturated rings. The van der Waals surface area contributed by atoms with Gasteiger partial charge in [-0.1, -0.05) is 49.1 Å². The van der Waals surface area contributed by atoms with Gasteiger partial charge in [0.1, 0.15) is 4.32 Å². The first-order valence-electron chi connectivity index (χ1n) is 10.7. The van der Waals surface area contributed by atoms with Gasteiger partial charge in [-0.15, -0.1) is 0 Å². The molecule has 0 spiro atoms. The van der Waals surface area contributed by atoms with Crippen LogP contribution >= 0.6 is 24.0 Å². The molecule has 0 radical (unpaired) electrons. The van der Waals surface area contributed by atoms with E-state index in [1.807, 2.05) is 39.0 Å². The number of carbonyl (C=O) groups is 1. The first kappa shape index (κ1) is 21.1. The van der Waals surface area contributed by atoms with Gasteiger partial charge in [0.25, 0.3) is 11.5 Å². The smallest absolute Gasteiger partial charge is 0.266 e. The van der Waals surface area contributed by atoms with Crippen LogP contribution in [0.2, 0.25) is 0 Å². The lowest BCUT2D eigenvalue weighted by Gasteiger charge is -2.24. The van der Waals surface area contributed by atoms with Crippen molar-refractivity contribution in [2.75, 3.05) is 18.0 Å². The number of carbonyl (C=O) groups excluding carboxylic acids is 1. The Kier molecular flexibility index (Phi) is 6.02. The second kappa shape index (κ2) is 8.55. The van der Waals surface area contributed by atoms with Crippen molar-refractivity contribution >= 4 is 56.9 Å². The number of para-hydroxylation sites is 1. The number of aryl methyl sites for hydroxylation is 1. The van der Waals surface area contributed by atoms with Crippen molar-refractivity contribution in [3.8, 4) is 0 Å². The highest BCUT2D eigenvalue weighted by atomic mass is 32.2. The summed E-state index contributed by atoms with van der Waals surface area (Å²) in [4.78, 5) is 31.2. The van der Waals surface area contributed by atoms with E-state index in [0.717, 1.165) is 48.9 Å². The lowest BCUT2D eigenvalue weighted by atomic mass is 10.1. The molecule has 30 heavy (non-hydrogen) atoms. The molecule has 1 atom stereocenters. The third-order valence-corrected chi connectivity index (χ3v) is 7.38. The van der Waals surface area contributed by atoms with Crippen molar-refractivity contribution in [3.63, 3.8) is 0 Å². The molecule has 1 unspecified atom stereocenters. The van der Waals surface area contributed by atoms with Crippen LogP contribution < -0.4 is 10.5 Å². The largest absolute Gasteiger partial charge is 0.370 e. The van der Waals surface area contributed by atoms with Crippen LogP contribution in [0.5, 0.6) is 0 Å². The van der Waals surface area contributed by atoms with E-state index in [1.54, 1.807) is 15.5 Å². The molecule has 0 N–H and O–H groups in total. The highest BCUT2D eigenvalue weighted by Gasteiger charge is 2.35. The molecule has 2 aliphatic heterocycles. The van der Waals surface area contributed by atoms with Crippen LogP contribution in [0.25, 0.3) is 17.0 Å². The number of pyridine rings is 1. The number of thioether (sulfide) groups is 1. The van der Waals surface area contributed by atoms with E-state index in [1.165, 1.54) is 11.8 Å². The summed E-state index contributed by atoms with van der Waals surface area (Å²) >= 11 is 6.79. The van der Waals surface area contributed by atoms with E-state index in [0.29, 0.717) is 21.3 Å². The van der Waals surface area contributed by atoms with Crippen LogP contribution in [0, 0.1) is 0 Å². The van der Waals surface area contributed by atoms with E-state index in [4.69, 9.17) is 12.2 Å². The zero-order valence-corrected chi connectivity index (χ0v) is 19.3. The molecular formula is C23H27N3O2S2. The molecule has 0 bridgehead atoms. The Labute approximate surface area is 186 Å². The van der Waals surface area contributed by atoms with E-state index < -0.39 is 0 Å². The van der Waals surface area contributed by atoms with Crippen LogP contribution in [-0.4, -0.2) is 38.8 Å². The molecule has 1 amide bonds. The van der Waals surface area contributed by atoms with Crippen LogP contribution in [0.15, 0.2) is 34.0 Å². The average Bonchev–Trinajstić information content (AvgIpc) is 3.36. The summed E-state index contributed by atoms with van der Waals surface area (Å²) in [6, 6.07) is 8.12. The minimum absolute atomic E-state index is 0.0466. The second-order valence-electron chi connectivity index (χ2n) is 7.83. The van der Waals surface area contributed by atoms with Crippen LogP contribution in [0.3, 0.4) is 0 Å². The Balaban J connectivity index is 1.95. The quantitative estimate of drug-likeness (QED) is 0.500. The van der Waals surface area contributed by atoms with Gasteiger partial charge in [0, 0.05) is 31.1 Å². The molecule has 1 aromatic heterocycles. The van der Waals surface area contributed by atoms with Crippen molar-refractivity contribution in [2.45, 2.75) is 52.6 Å². The summed E-state index contributed by atoms with van der Waals surface area (Å²) in [6.45, 7) is 8.46. The fraction of sp³-hybridized carbons (Fsp3) is 0.435. The Morgan fingerprint density at radius 1 is 1.17 bits per heavy atom. The summed E-state index contributed by atoms with van der Waals surface area (Å²) in [5.74, 6) is -0.0951. The zero-order chi connectivity index (χ0) is 21.4. The lowest BCUT2D eigenvalue weighted by molar-refractivity contribution is -0.123. The monoisotopic (exact) mass is 441 g/mol.